The van der Waals surface area contributed by atoms with E-state index in [1.54, 1.807) is 0 Å². The van der Waals surface area contributed by atoms with E-state index in [1.807, 2.05) is 0 Å². The lowest BCUT2D eigenvalue weighted by molar-refractivity contribution is 0.281. The summed E-state index contributed by atoms with van der Waals surface area (Å²) in [6.07, 6.45) is 7.68. The van der Waals surface area contributed by atoms with Gasteiger partial charge in [-0.25, -0.2) is 13.1 Å². The highest BCUT2D eigenvalue weighted by Crippen LogP contribution is 2.27. The first-order valence-electron chi connectivity index (χ1n) is 7.81. The highest BCUT2D eigenvalue weighted by molar-refractivity contribution is 7.89. The smallest absolute Gasteiger partial charge is 0.212 e. The second-order valence-electron chi connectivity index (χ2n) is 6.15. The van der Waals surface area contributed by atoms with Crippen LogP contribution in [0.1, 0.15) is 51.9 Å². The summed E-state index contributed by atoms with van der Waals surface area (Å²) in [5.74, 6) is 1.20. The highest BCUT2D eigenvalue weighted by atomic mass is 32.2. The van der Waals surface area contributed by atoms with E-state index < -0.39 is 10.0 Å². The molecule has 2 aliphatic rings. The Bertz CT molecular complexity index is 364. The van der Waals surface area contributed by atoms with Crippen LogP contribution in [0, 0.1) is 11.8 Å². The average molecular weight is 288 g/mol. The Balaban J connectivity index is 1.88. The van der Waals surface area contributed by atoms with Gasteiger partial charge in [0.1, 0.15) is 0 Å². The average Bonchev–Trinajstić information content (AvgIpc) is 2.39. The van der Waals surface area contributed by atoms with Gasteiger partial charge in [-0.3, -0.25) is 0 Å². The number of nitrogens with one attached hydrogen (secondary N) is 2. The maximum absolute atomic E-state index is 12.3. The molecule has 1 heterocycles. The molecule has 4 nitrogen and oxygen atoms in total. The van der Waals surface area contributed by atoms with Gasteiger partial charge in [0.25, 0.3) is 0 Å². The fraction of sp³-hybridized carbons (Fsp3) is 1.00. The first kappa shape index (κ1) is 15.3. The van der Waals surface area contributed by atoms with Crippen molar-refractivity contribution in [1.82, 2.24) is 10.0 Å². The van der Waals surface area contributed by atoms with Gasteiger partial charge in [-0.2, -0.15) is 0 Å². The zero-order chi connectivity index (χ0) is 13.7. The fourth-order valence-electron chi connectivity index (χ4n) is 3.49. The summed E-state index contributed by atoms with van der Waals surface area (Å²) in [7, 11) is -3.10. The Hall–Kier alpha value is -0.130. The molecule has 2 unspecified atom stereocenters. The zero-order valence-electron chi connectivity index (χ0n) is 12.0. The highest BCUT2D eigenvalue weighted by Gasteiger charge is 2.29. The van der Waals surface area contributed by atoms with Crippen LogP contribution in [0.2, 0.25) is 0 Å². The Kier molecular flexibility index (Phi) is 5.66. The molecule has 2 fully saturated rings. The largest absolute Gasteiger partial charge is 0.317 e. The van der Waals surface area contributed by atoms with Gasteiger partial charge in [-0.1, -0.05) is 26.2 Å². The van der Waals surface area contributed by atoms with Crippen molar-refractivity contribution in [1.29, 1.82) is 0 Å². The van der Waals surface area contributed by atoms with Crippen LogP contribution < -0.4 is 10.0 Å². The third-order valence-electron chi connectivity index (χ3n) is 4.68. The molecule has 2 N–H and O–H groups in total. The minimum Gasteiger partial charge on any atom is -0.317 e. The van der Waals surface area contributed by atoms with Crippen molar-refractivity contribution in [3.63, 3.8) is 0 Å². The molecule has 1 saturated carbocycles. The molecule has 1 saturated heterocycles. The van der Waals surface area contributed by atoms with Crippen LogP contribution in [0.4, 0.5) is 0 Å². The molecule has 0 aromatic rings. The molecule has 0 spiro atoms. The number of hydrogen-bond donors (Lipinski definition) is 2. The van der Waals surface area contributed by atoms with E-state index in [1.165, 1.54) is 12.8 Å². The third-order valence-corrected chi connectivity index (χ3v) is 6.25. The van der Waals surface area contributed by atoms with Crippen molar-refractivity contribution in [2.24, 2.45) is 11.8 Å². The SMILES string of the molecule is CCC1CCCCC1NS(=O)(=O)CC1CCNCC1. The molecule has 19 heavy (non-hydrogen) atoms. The standard InChI is InChI=1S/C14H28N2O2S/c1-2-13-5-3-4-6-14(13)16-19(17,18)11-12-7-9-15-10-8-12/h12-16H,2-11H2,1H3. The van der Waals surface area contributed by atoms with E-state index in [0.29, 0.717) is 17.6 Å². The summed E-state index contributed by atoms with van der Waals surface area (Å²) >= 11 is 0. The van der Waals surface area contributed by atoms with Crippen LogP contribution in [-0.4, -0.2) is 33.3 Å². The quantitative estimate of drug-likeness (QED) is 0.812. The molecular formula is C14H28N2O2S. The van der Waals surface area contributed by atoms with Crippen LogP contribution in [0.3, 0.4) is 0 Å². The third kappa shape index (κ3) is 4.72. The van der Waals surface area contributed by atoms with Crippen molar-refractivity contribution in [3.8, 4) is 0 Å². The Morgan fingerprint density at radius 2 is 1.79 bits per heavy atom. The van der Waals surface area contributed by atoms with E-state index >= 15 is 0 Å². The van der Waals surface area contributed by atoms with Gasteiger partial charge >= 0.3 is 0 Å². The number of hydrogen-bond acceptors (Lipinski definition) is 3. The van der Waals surface area contributed by atoms with E-state index in [9.17, 15) is 8.42 Å². The van der Waals surface area contributed by atoms with Gasteiger partial charge in [-0.05, 0) is 50.6 Å². The first-order valence-corrected chi connectivity index (χ1v) is 9.46. The van der Waals surface area contributed by atoms with Crippen molar-refractivity contribution in [2.45, 2.75) is 57.9 Å². The van der Waals surface area contributed by atoms with Crippen LogP contribution in [0.15, 0.2) is 0 Å². The van der Waals surface area contributed by atoms with E-state index in [-0.39, 0.29) is 6.04 Å². The second kappa shape index (κ2) is 7.04. The lowest BCUT2D eigenvalue weighted by atomic mass is 9.83. The fourth-order valence-corrected chi connectivity index (χ4v) is 5.31. The molecule has 5 heteroatoms. The van der Waals surface area contributed by atoms with Crippen LogP contribution in [0.25, 0.3) is 0 Å². The molecular weight excluding hydrogens is 260 g/mol. The Morgan fingerprint density at radius 3 is 2.47 bits per heavy atom. The first-order chi connectivity index (χ1) is 9.11. The normalized spacial score (nSPS) is 30.4. The van der Waals surface area contributed by atoms with Gasteiger partial charge in [0, 0.05) is 6.04 Å². The van der Waals surface area contributed by atoms with Gasteiger partial charge in [0.15, 0.2) is 0 Å². The van der Waals surface area contributed by atoms with Crippen LogP contribution in [-0.2, 0) is 10.0 Å². The van der Waals surface area contributed by atoms with Gasteiger partial charge < -0.3 is 5.32 Å². The van der Waals surface area contributed by atoms with E-state index in [4.69, 9.17) is 0 Å². The Labute approximate surface area is 117 Å². The summed E-state index contributed by atoms with van der Waals surface area (Å²) in [5, 5.41) is 3.28. The number of sulfonamides is 1. The molecule has 0 radical (unpaired) electrons. The molecule has 0 aromatic carbocycles. The zero-order valence-corrected chi connectivity index (χ0v) is 12.8. The Morgan fingerprint density at radius 1 is 1.11 bits per heavy atom. The lowest BCUT2D eigenvalue weighted by Crippen LogP contribution is -2.44. The molecule has 2 rings (SSSR count). The van der Waals surface area contributed by atoms with Gasteiger partial charge in [0.2, 0.25) is 10.0 Å². The van der Waals surface area contributed by atoms with Crippen LogP contribution in [0.5, 0.6) is 0 Å². The molecule has 112 valence electrons. The number of piperidine rings is 1. The monoisotopic (exact) mass is 288 g/mol. The summed E-state index contributed by atoms with van der Waals surface area (Å²) in [6.45, 7) is 4.09. The summed E-state index contributed by atoms with van der Waals surface area (Å²) in [4.78, 5) is 0. The van der Waals surface area contributed by atoms with Crippen molar-refractivity contribution >= 4 is 10.0 Å². The maximum Gasteiger partial charge on any atom is 0.212 e. The lowest BCUT2D eigenvalue weighted by Gasteiger charge is -2.32. The van der Waals surface area contributed by atoms with Gasteiger partial charge in [0.05, 0.1) is 5.75 Å². The van der Waals surface area contributed by atoms with Crippen molar-refractivity contribution in [2.75, 3.05) is 18.8 Å². The second-order valence-corrected chi connectivity index (χ2v) is 7.95. The predicted molar refractivity (Wildman–Crippen MR) is 78.6 cm³/mol. The number of rotatable bonds is 5. The summed E-state index contributed by atoms with van der Waals surface area (Å²) in [6, 6.07) is 0.186. The minimum atomic E-state index is -3.10. The molecule has 0 amide bonds. The molecule has 1 aliphatic heterocycles. The maximum atomic E-state index is 12.3. The summed E-state index contributed by atoms with van der Waals surface area (Å²) < 4.78 is 27.6. The predicted octanol–water partition coefficient (Wildman–Crippen LogP) is 1.87. The minimum absolute atomic E-state index is 0.186. The molecule has 2 atom stereocenters. The van der Waals surface area contributed by atoms with Crippen molar-refractivity contribution < 1.29 is 8.42 Å². The summed E-state index contributed by atoms with van der Waals surface area (Å²) in [5.41, 5.74) is 0. The van der Waals surface area contributed by atoms with E-state index in [0.717, 1.165) is 45.2 Å². The molecule has 0 aromatic heterocycles. The molecule has 1 aliphatic carbocycles. The van der Waals surface area contributed by atoms with Crippen LogP contribution >= 0.6 is 0 Å². The van der Waals surface area contributed by atoms with Crippen molar-refractivity contribution in [3.05, 3.63) is 0 Å². The molecule has 0 bridgehead atoms. The topological polar surface area (TPSA) is 58.2 Å². The van der Waals surface area contributed by atoms with E-state index in [2.05, 4.69) is 17.0 Å². The van der Waals surface area contributed by atoms with Gasteiger partial charge in [-0.15, -0.1) is 0 Å².